The second-order valence-electron chi connectivity index (χ2n) is 15.6. The summed E-state index contributed by atoms with van der Waals surface area (Å²) in [6.45, 7) is 7.10. The predicted octanol–water partition coefficient (Wildman–Crippen LogP) is 7.99. The number of benzene rings is 4. The fourth-order valence-corrected chi connectivity index (χ4v) is 7.99. The Labute approximate surface area is 361 Å². The van der Waals surface area contributed by atoms with Crippen LogP contribution in [-0.2, 0) is 78.5 Å². The highest BCUT2D eigenvalue weighted by molar-refractivity contribution is 5.16. The zero-order valence-corrected chi connectivity index (χ0v) is 35.3. The first-order valence-electron chi connectivity index (χ1n) is 21.7. The molecule has 11 heteroatoms. The van der Waals surface area contributed by atoms with Crippen LogP contribution in [0.2, 0.25) is 0 Å². The molecule has 328 valence electrons. The Balaban J connectivity index is 1.27. The zero-order valence-electron chi connectivity index (χ0n) is 35.3. The molecular formula is C50H62O11. The highest BCUT2D eigenvalue weighted by atomic mass is 16.8. The van der Waals surface area contributed by atoms with E-state index in [0.29, 0.717) is 33.0 Å². The SMILES string of the molecule is C=CCO[C@@H]1[C@@H]2O[C@H]3O[C@H](COCCCCCCOC[C@@H](O[C@@H]2OC)[C@H]1OCc1ccccc1)[C@H](OCc1ccccc1)[C@H](OCc1ccccc1)[C@H]3OCc1ccccc1. The maximum absolute atomic E-state index is 7.18. The molecule has 0 spiro atoms. The second kappa shape index (κ2) is 24.7. The first-order chi connectivity index (χ1) is 30.2. The van der Waals surface area contributed by atoms with Crippen molar-refractivity contribution in [2.45, 2.75) is 114 Å². The van der Waals surface area contributed by atoms with Gasteiger partial charge in [0.25, 0.3) is 0 Å². The summed E-state index contributed by atoms with van der Waals surface area (Å²) in [6, 6.07) is 40.2. The summed E-state index contributed by atoms with van der Waals surface area (Å²) >= 11 is 0. The lowest BCUT2D eigenvalue weighted by Crippen LogP contribution is -2.66. The van der Waals surface area contributed by atoms with E-state index in [0.717, 1.165) is 47.9 Å². The molecule has 4 aromatic carbocycles. The molecule has 4 heterocycles. The largest absolute Gasteiger partial charge is 0.379 e. The molecule has 11 nitrogen and oxygen atoms in total. The monoisotopic (exact) mass is 838 g/mol. The molecule has 0 aliphatic carbocycles. The van der Waals surface area contributed by atoms with Crippen molar-refractivity contribution in [1.29, 1.82) is 0 Å². The fraction of sp³-hybridized carbons (Fsp3) is 0.480. The molecule has 61 heavy (non-hydrogen) atoms. The smallest absolute Gasteiger partial charge is 0.187 e. The van der Waals surface area contributed by atoms with E-state index in [1.54, 1.807) is 13.2 Å². The Morgan fingerprint density at radius 1 is 0.492 bits per heavy atom. The third-order valence-corrected chi connectivity index (χ3v) is 11.1. The van der Waals surface area contributed by atoms with Crippen molar-refractivity contribution in [2.24, 2.45) is 0 Å². The van der Waals surface area contributed by atoms with Crippen molar-refractivity contribution in [3.63, 3.8) is 0 Å². The minimum absolute atomic E-state index is 0.230. The van der Waals surface area contributed by atoms with Crippen molar-refractivity contribution in [2.75, 3.05) is 40.1 Å². The lowest BCUT2D eigenvalue weighted by Gasteiger charge is -2.50. The fourth-order valence-electron chi connectivity index (χ4n) is 7.99. The summed E-state index contributed by atoms with van der Waals surface area (Å²) < 4.78 is 73.8. The average molecular weight is 839 g/mol. The average Bonchev–Trinajstić information content (AvgIpc) is 3.30. The summed E-state index contributed by atoms with van der Waals surface area (Å²) in [4.78, 5) is 0. The number of fused-ring (bicyclic) bond motifs is 11. The van der Waals surface area contributed by atoms with Gasteiger partial charge in [0.2, 0.25) is 0 Å². The van der Waals surface area contributed by atoms with Gasteiger partial charge in [0.15, 0.2) is 12.6 Å². The Kier molecular flexibility index (Phi) is 18.3. The van der Waals surface area contributed by atoms with Crippen LogP contribution in [0, 0.1) is 0 Å². The van der Waals surface area contributed by atoms with E-state index in [1.165, 1.54) is 0 Å². The van der Waals surface area contributed by atoms with Crippen molar-refractivity contribution in [3.8, 4) is 0 Å². The highest BCUT2D eigenvalue weighted by Crippen LogP contribution is 2.36. The summed E-state index contributed by atoms with van der Waals surface area (Å²) in [5.74, 6) is 0. The van der Waals surface area contributed by atoms with Gasteiger partial charge in [-0.15, -0.1) is 6.58 Å². The molecule has 0 amide bonds. The van der Waals surface area contributed by atoms with Crippen molar-refractivity contribution in [3.05, 3.63) is 156 Å². The number of methoxy groups -OCH3 is 1. The van der Waals surface area contributed by atoms with Crippen LogP contribution < -0.4 is 0 Å². The summed E-state index contributed by atoms with van der Waals surface area (Å²) in [5, 5.41) is 0. The van der Waals surface area contributed by atoms with Crippen LogP contribution in [0.15, 0.2) is 134 Å². The van der Waals surface area contributed by atoms with E-state index in [2.05, 4.69) is 6.58 Å². The van der Waals surface area contributed by atoms with E-state index in [9.17, 15) is 0 Å². The Morgan fingerprint density at radius 3 is 1.38 bits per heavy atom. The van der Waals surface area contributed by atoms with Gasteiger partial charge in [-0.25, -0.2) is 0 Å². The molecule has 0 saturated carbocycles. The minimum Gasteiger partial charge on any atom is -0.379 e. The summed E-state index contributed by atoms with van der Waals surface area (Å²) in [6.07, 6.45) is -1.75. The van der Waals surface area contributed by atoms with Gasteiger partial charge >= 0.3 is 0 Å². The van der Waals surface area contributed by atoms with E-state index in [-0.39, 0.29) is 26.4 Å². The Morgan fingerprint density at radius 2 is 0.918 bits per heavy atom. The first-order valence-corrected chi connectivity index (χ1v) is 21.7. The lowest BCUT2D eigenvalue weighted by molar-refractivity contribution is -0.380. The van der Waals surface area contributed by atoms with Crippen molar-refractivity contribution >= 4 is 0 Å². The van der Waals surface area contributed by atoms with Crippen molar-refractivity contribution in [1.82, 2.24) is 0 Å². The molecule has 0 radical (unpaired) electrons. The van der Waals surface area contributed by atoms with E-state index >= 15 is 0 Å². The predicted molar refractivity (Wildman–Crippen MR) is 229 cm³/mol. The maximum atomic E-state index is 7.18. The van der Waals surface area contributed by atoms with Crippen LogP contribution in [0.5, 0.6) is 0 Å². The normalized spacial score (nSPS) is 29.0. The van der Waals surface area contributed by atoms with Crippen LogP contribution in [0.4, 0.5) is 0 Å². The number of ether oxygens (including phenoxy) is 11. The van der Waals surface area contributed by atoms with Crippen LogP contribution in [-0.4, -0.2) is 102 Å². The van der Waals surface area contributed by atoms with Crippen molar-refractivity contribution < 1.29 is 52.1 Å². The molecule has 4 bridgehead atoms. The van der Waals surface area contributed by atoms with E-state index < -0.39 is 61.4 Å². The van der Waals surface area contributed by atoms with Gasteiger partial charge in [-0.05, 0) is 35.1 Å². The van der Waals surface area contributed by atoms with Gasteiger partial charge in [-0.3, -0.25) is 0 Å². The van der Waals surface area contributed by atoms with E-state index in [1.807, 2.05) is 121 Å². The molecule has 0 N–H and O–H groups in total. The topological polar surface area (TPSA) is 102 Å². The summed E-state index contributed by atoms with van der Waals surface area (Å²) in [7, 11) is 1.60. The molecular weight excluding hydrogens is 777 g/mol. The third kappa shape index (κ3) is 13.3. The molecule has 4 saturated heterocycles. The molecule has 4 aliphatic rings. The third-order valence-electron chi connectivity index (χ3n) is 11.1. The van der Waals surface area contributed by atoms with Gasteiger partial charge in [0, 0.05) is 20.3 Å². The van der Waals surface area contributed by atoms with Gasteiger partial charge in [-0.2, -0.15) is 0 Å². The van der Waals surface area contributed by atoms with E-state index in [4.69, 9.17) is 52.1 Å². The molecule has 8 rings (SSSR count). The molecule has 10 atom stereocenters. The van der Waals surface area contributed by atoms with Gasteiger partial charge in [0.05, 0.1) is 46.2 Å². The molecule has 4 aromatic rings. The van der Waals surface area contributed by atoms with Crippen LogP contribution >= 0.6 is 0 Å². The van der Waals surface area contributed by atoms with Crippen LogP contribution in [0.1, 0.15) is 47.9 Å². The van der Waals surface area contributed by atoms with Gasteiger partial charge in [0.1, 0.15) is 48.8 Å². The second-order valence-corrected chi connectivity index (χ2v) is 15.6. The maximum Gasteiger partial charge on any atom is 0.187 e. The number of hydrogen-bond acceptors (Lipinski definition) is 11. The highest BCUT2D eigenvalue weighted by Gasteiger charge is 2.54. The summed E-state index contributed by atoms with van der Waals surface area (Å²) in [5.41, 5.74) is 4.03. The molecule has 4 aliphatic heterocycles. The number of rotatable bonds is 16. The lowest BCUT2D eigenvalue weighted by atomic mass is 9.96. The Hall–Kier alpha value is -3.82. The molecule has 4 fully saturated rings. The minimum atomic E-state index is -1.02. The van der Waals surface area contributed by atoms with Crippen LogP contribution in [0.3, 0.4) is 0 Å². The Bertz CT molecular complexity index is 1780. The first kappa shape index (κ1) is 45.2. The standard InChI is InChI=1S/C50H62O11/c1-3-28-54-46-44(56-32-38-22-12-7-13-23-38)41-35-52-29-18-4-5-19-30-53-36-42-43(55-31-37-20-10-6-11-21-37)45(57-33-39-24-14-8-15-25-39)47(58-34-40-26-16-9-17-27-40)50(60-42)61-48(46)49(51-2)59-41/h3,6-17,20-27,41-50H,1,4-5,18-19,28-36H2,2H3/t41-,42-,43+,44-,45+,46+,47-,48+,49+,50-/m1/s1. The number of hydrogen-bond donors (Lipinski definition) is 0. The molecule has 0 unspecified atom stereocenters. The van der Waals surface area contributed by atoms with Gasteiger partial charge in [-0.1, -0.05) is 140 Å². The zero-order chi connectivity index (χ0) is 41.9. The van der Waals surface area contributed by atoms with Gasteiger partial charge < -0.3 is 52.1 Å². The van der Waals surface area contributed by atoms with Crippen LogP contribution in [0.25, 0.3) is 0 Å². The quantitative estimate of drug-likeness (QED) is 0.103. The molecule has 0 aromatic heterocycles.